The Labute approximate surface area is 110 Å². The second-order valence-corrected chi connectivity index (χ2v) is 6.67. The Hall–Kier alpha value is -0.880. The molecule has 0 atom stereocenters. The first-order valence-corrected chi connectivity index (χ1v) is 7.95. The monoisotopic (exact) mass is 276 g/mol. The standard InChI is InChI=1S/C12H24N2O3S/c1-5-8-13-12(15)7-10-14(18(4,16)17)9-6-11(2)3/h5,11H,1,6-10H2,2-4H3,(H,13,15). The number of hydrogen-bond donors (Lipinski definition) is 1. The van der Waals surface area contributed by atoms with Gasteiger partial charge in [0, 0.05) is 26.1 Å². The lowest BCUT2D eigenvalue weighted by atomic mass is 10.1. The summed E-state index contributed by atoms with van der Waals surface area (Å²) in [6, 6.07) is 0. The molecule has 0 bridgehead atoms. The van der Waals surface area contributed by atoms with Gasteiger partial charge in [-0.05, 0) is 12.3 Å². The van der Waals surface area contributed by atoms with E-state index in [9.17, 15) is 13.2 Å². The SMILES string of the molecule is C=CCNC(=O)CCN(CCC(C)C)S(C)(=O)=O. The summed E-state index contributed by atoms with van der Waals surface area (Å²) in [4.78, 5) is 11.4. The van der Waals surface area contributed by atoms with Gasteiger partial charge in [0.15, 0.2) is 0 Å². The van der Waals surface area contributed by atoms with Crippen molar-refractivity contribution in [3.8, 4) is 0 Å². The van der Waals surface area contributed by atoms with E-state index in [0.29, 0.717) is 19.0 Å². The smallest absolute Gasteiger partial charge is 0.221 e. The van der Waals surface area contributed by atoms with Crippen molar-refractivity contribution in [2.45, 2.75) is 26.7 Å². The number of hydrogen-bond acceptors (Lipinski definition) is 3. The molecule has 0 aliphatic rings. The van der Waals surface area contributed by atoms with Gasteiger partial charge in [-0.3, -0.25) is 4.79 Å². The summed E-state index contributed by atoms with van der Waals surface area (Å²) in [7, 11) is -3.24. The molecule has 0 rings (SSSR count). The molecule has 0 saturated heterocycles. The van der Waals surface area contributed by atoms with Crippen molar-refractivity contribution in [3.05, 3.63) is 12.7 Å². The highest BCUT2D eigenvalue weighted by Crippen LogP contribution is 2.06. The third-order valence-corrected chi connectivity index (χ3v) is 3.76. The number of sulfonamides is 1. The van der Waals surface area contributed by atoms with Crippen LogP contribution in [0.25, 0.3) is 0 Å². The van der Waals surface area contributed by atoms with Crippen LogP contribution in [0.4, 0.5) is 0 Å². The summed E-state index contributed by atoms with van der Waals surface area (Å²) in [5.41, 5.74) is 0. The van der Waals surface area contributed by atoms with E-state index in [-0.39, 0.29) is 18.9 Å². The van der Waals surface area contributed by atoms with E-state index in [1.54, 1.807) is 6.08 Å². The van der Waals surface area contributed by atoms with Crippen LogP contribution in [0.15, 0.2) is 12.7 Å². The van der Waals surface area contributed by atoms with Gasteiger partial charge in [0.2, 0.25) is 15.9 Å². The van der Waals surface area contributed by atoms with Gasteiger partial charge in [0.05, 0.1) is 6.26 Å². The zero-order chi connectivity index (χ0) is 14.2. The largest absolute Gasteiger partial charge is 0.353 e. The quantitative estimate of drug-likeness (QED) is 0.639. The number of nitrogens with zero attached hydrogens (tertiary/aromatic N) is 1. The molecular formula is C12H24N2O3S. The summed E-state index contributed by atoms with van der Waals surface area (Å²) in [6.07, 6.45) is 3.74. The molecule has 0 aliphatic heterocycles. The lowest BCUT2D eigenvalue weighted by Crippen LogP contribution is -2.35. The fourth-order valence-electron chi connectivity index (χ4n) is 1.35. The van der Waals surface area contributed by atoms with Crippen LogP contribution >= 0.6 is 0 Å². The molecule has 0 aromatic rings. The average Bonchev–Trinajstić information content (AvgIpc) is 2.23. The van der Waals surface area contributed by atoms with Gasteiger partial charge in [-0.15, -0.1) is 6.58 Å². The van der Waals surface area contributed by atoms with Crippen LogP contribution in [0.5, 0.6) is 0 Å². The molecule has 1 amide bonds. The third kappa shape index (κ3) is 8.25. The maximum atomic E-state index is 11.5. The topological polar surface area (TPSA) is 66.5 Å². The highest BCUT2D eigenvalue weighted by atomic mass is 32.2. The molecule has 1 N–H and O–H groups in total. The second-order valence-electron chi connectivity index (χ2n) is 4.69. The molecule has 0 unspecified atom stereocenters. The van der Waals surface area contributed by atoms with Crippen LogP contribution < -0.4 is 5.32 Å². The minimum atomic E-state index is -3.24. The summed E-state index contributed by atoms with van der Waals surface area (Å²) >= 11 is 0. The first kappa shape index (κ1) is 17.1. The number of nitrogens with one attached hydrogen (secondary N) is 1. The van der Waals surface area contributed by atoms with Crippen LogP contribution in [0.2, 0.25) is 0 Å². The Morgan fingerprint density at radius 2 is 2.00 bits per heavy atom. The van der Waals surface area contributed by atoms with Crippen LogP contribution in [0, 0.1) is 5.92 Å². The molecule has 0 aromatic heterocycles. The lowest BCUT2D eigenvalue weighted by molar-refractivity contribution is -0.121. The maximum Gasteiger partial charge on any atom is 0.221 e. The van der Waals surface area contributed by atoms with Gasteiger partial charge in [-0.1, -0.05) is 19.9 Å². The fraction of sp³-hybridized carbons (Fsp3) is 0.750. The Kier molecular flexibility index (Phi) is 7.86. The third-order valence-electron chi connectivity index (χ3n) is 2.46. The van der Waals surface area contributed by atoms with E-state index < -0.39 is 10.0 Å². The summed E-state index contributed by atoms with van der Waals surface area (Å²) < 4.78 is 24.5. The molecule has 18 heavy (non-hydrogen) atoms. The Bertz CT molecular complexity index is 364. The van der Waals surface area contributed by atoms with Crippen molar-refractivity contribution in [2.75, 3.05) is 25.9 Å². The molecule has 0 aliphatic carbocycles. The van der Waals surface area contributed by atoms with E-state index in [0.717, 1.165) is 6.42 Å². The highest BCUT2D eigenvalue weighted by molar-refractivity contribution is 7.88. The van der Waals surface area contributed by atoms with Crippen molar-refractivity contribution >= 4 is 15.9 Å². The Morgan fingerprint density at radius 3 is 2.44 bits per heavy atom. The number of carbonyl (C=O) groups excluding carboxylic acids is 1. The molecule has 0 spiro atoms. The van der Waals surface area contributed by atoms with Gasteiger partial charge in [-0.25, -0.2) is 12.7 Å². The minimum Gasteiger partial charge on any atom is -0.353 e. The molecule has 0 aromatic carbocycles. The molecule has 6 heteroatoms. The molecule has 5 nitrogen and oxygen atoms in total. The first-order valence-electron chi connectivity index (χ1n) is 6.10. The van der Waals surface area contributed by atoms with Crippen LogP contribution in [0.3, 0.4) is 0 Å². The molecule has 106 valence electrons. The van der Waals surface area contributed by atoms with Crippen molar-refractivity contribution in [1.29, 1.82) is 0 Å². The average molecular weight is 276 g/mol. The van der Waals surface area contributed by atoms with Gasteiger partial charge in [0.25, 0.3) is 0 Å². The molecule has 0 radical (unpaired) electrons. The van der Waals surface area contributed by atoms with E-state index >= 15 is 0 Å². The van der Waals surface area contributed by atoms with Gasteiger partial charge in [0.1, 0.15) is 0 Å². The van der Waals surface area contributed by atoms with Crippen molar-refractivity contribution in [3.63, 3.8) is 0 Å². The maximum absolute atomic E-state index is 11.5. The predicted octanol–water partition coefficient (Wildman–Crippen LogP) is 0.986. The van der Waals surface area contributed by atoms with E-state index in [4.69, 9.17) is 0 Å². The van der Waals surface area contributed by atoms with Crippen molar-refractivity contribution < 1.29 is 13.2 Å². The predicted molar refractivity (Wildman–Crippen MR) is 73.7 cm³/mol. The zero-order valence-corrected chi connectivity index (χ0v) is 12.3. The highest BCUT2D eigenvalue weighted by Gasteiger charge is 2.17. The summed E-state index contributed by atoms with van der Waals surface area (Å²) in [6.45, 7) is 8.67. The van der Waals surface area contributed by atoms with Gasteiger partial charge < -0.3 is 5.32 Å². The van der Waals surface area contributed by atoms with Gasteiger partial charge >= 0.3 is 0 Å². The van der Waals surface area contributed by atoms with E-state index in [1.807, 2.05) is 13.8 Å². The number of rotatable bonds is 9. The molecular weight excluding hydrogens is 252 g/mol. The fourth-order valence-corrected chi connectivity index (χ4v) is 2.21. The van der Waals surface area contributed by atoms with Crippen molar-refractivity contribution in [2.24, 2.45) is 5.92 Å². The minimum absolute atomic E-state index is 0.159. The second kappa shape index (κ2) is 8.26. The molecule has 0 fully saturated rings. The van der Waals surface area contributed by atoms with Crippen LogP contribution in [-0.2, 0) is 14.8 Å². The van der Waals surface area contributed by atoms with Crippen molar-refractivity contribution in [1.82, 2.24) is 9.62 Å². The Balaban J connectivity index is 4.26. The van der Waals surface area contributed by atoms with E-state index in [2.05, 4.69) is 11.9 Å². The number of carbonyl (C=O) groups is 1. The van der Waals surface area contributed by atoms with Crippen LogP contribution in [-0.4, -0.2) is 44.5 Å². The first-order chi connectivity index (χ1) is 8.27. The van der Waals surface area contributed by atoms with Gasteiger partial charge in [-0.2, -0.15) is 0 Å². The molecule has 0 heterocycles. The lowest BCUT2D eigenvalue weighted by Gasteiger charge is -2.20. The zero-order valence-electron chi connectivity index (χ0n) is 11.5. The normalized spacial score (nSPS) is 11.8. The van der Waals surface area contributed by atoms with E-state index in [1.165, 1.54) is 10.6 Å². The number of amides is 1. The summed E-state index contributed by atoms with van der Waals surface area (Å²) in [5.74, 6) is 0.275. The Morgan fingerprint density at radius 1 is 1.39 bits per heavy atom. The molecule has 0 saturated carbocycles. The van der Waals surface area contributed by atoms with Crippen LogP contribution in [0.1, 0.15) is 26.7 Å². The summed E-state index contributed by atoms with van der Waals surface area (Å²) in [5, 5.41) is 2.63.